The van der Waals surface area contributed by atoms with Gasteiger partial charge in [-0.25, -0.2) is 4.68 Å². The molecular formula is C18H16F2N6O2. The third kappa shape index (κ3) is 4.47. The van der Waals surface area contributed by atoms with Gasteiger partial charge in [0.1, 0.15) is 12.3 Å². The fourth-order valence-electron chi connectivity index (χ4n) is 2.27. The van der Waals surface area contributed by atoms with Crippen molar-refractivity contribution in [3.8, 4) is 11.4 Å². The number of amides is 1. The molecule has 3 aromatic rings. The van der Waals surface area contributed by atoms with Crippen LogP contribution in [-0.2, 0) is 16.1 Å². The highest BCUT2D eigenvalue weighted by molar-refractivity contribution is 6.04. The Labute approximate surface area is 158 Å². The zero-order valence-electron chi connectivity index (χ0n) is 14.5. The number of H-pyrrole nitrogens is 1. The molecule has 28 heavy (non-hydrogen) atoms. The molecule has 0 fully saturated rings. The molecule has 3 rings (SSSR count). The van der Waals surface area contributed by atoms with Crippen molar-refractivity contribution in [2.45, 2.75) is 13.2 Å². The van der Waals surface area contributed by atoms with Crippen LogP contribution in [0.15, 0.2) is 67.5 Å². The quantitative estimate of drug-likeness (QED) is 0.352. The smallest absolute Gasteiger partial charge is 0.333 e. The zero-order chi connectivity index (χ0) is 19.9. The van der Waals surface area contributed by atoms with Crippen LogP contribution in [0.2, 0.25) is 0 Å². The van der Waals surface area contributed by atoms with Crippen molar-refractivity contribution < 1.29 is 18.3 Å². The minimum Gasteiger partial charge on any atom is -0.483 e. The van der Waals surface area contributed by atoms with Crippen LogP contribution in [0.5, 0.6) is 0 Å². The van der Waals surface area contributed by atoms with Gasteiger partial charge in [0.15, 0.2) is 5.76 Å². The molecule has 10 heteroatoms. The molecule has 0 atom stereocenters. The largest absolute Gasteiger partial charge is 0.483 e. The number of hydrogen-bond donors (Lipinski definition) is 2. The van der Waals surface area contributed by atoms with Crippen LogP contribution in [0.1, 0.15) is 12.1 Å². The number of allylic oxidation sites excluding steroid dienone is 2. The number of carbonyl (C=O) groups excluding carboxylic acids is 1. The minimum absolute atomic E-state index is 0.0482. The minimum atomic E-state index is -2.87. The van der Waals surface area contributed by atoms with E-state index < -0.39 is 12.5 Å². The SMILES string of the molecule is C=C/C=C(\OCc1cn[nH]c1)C(=O)Nc1cn(C(F)F)nc1-c1ccccn1. The molecule has 0 bridgehead atoms. The van der Waals surface area contributed by atoms with E-state index in [1.165, 1.54) is 18.3 Å². The summed E-state index contributed by atoms with van der Waals surface area (Å²) in [5, 5.41) is 12.8. The maximum atomic E-state index is 13.1. The second kappa shape index (κ2) is 8.71. The fraction of sp³-hybridized carbons (Fsp3) is 0.111. The van der Waals surface area contributed by atoms with Gasteiger partial charge in [0.2, 0.25) is 0 Å². The number of hydrogen-bond acceptors (Lipinski definition) is 5. The van der Waals surface area contributed by atoms with Crippen LogP contribution < -0.4 is 5.32 Å². The van der Waals surface area contributed by atoms with Crippen molar-refractivity contribution in [3.63, 3.8) is 0 Å². The lowest BCUT2D eigenvalue weighted by Crippen LogP contribution is -2.16. The maximum Gasteiger partial charge on any atom is 0.333 e. The molecule has 0 saturated carbocycles. The van der Waals surface area contributed by atoms with Crippen molar-refractivity contribution in [1.82, 2.24) is 25.0 Å². The first kappa shape index (κ1) is 19.0. The summed E-state index contributed by atoms with van der Waals surface area (Å²) in [7, 11) is 0. The Morgan fingerprint density at radius 1 is 1.43 bits per heavy atom. The summed E-state index contributed by atoms with van der Waals surface area (Å²) in [5.41, 5.74) is 1.25. The van der Waals surface area contributed by atoms with E-state index in [1.54, 1.807) is 30.6 Å². The molecule has 0 radical (unpaired) electrons. The highest BCUT2D eigenvalue weighted by Crippen LogP contribution is 2.27. The lowest BCUT2D eigenvalue weighted by Gasteiger charge is -2.10. The number of aromatic nitrogens is 5. The Bertz CT molecular complexity index is 967. The molecule has 0 unspecified atom stereocenters. The van der Waals surface area contributed by atoms with Gasteiger partial charge in [0, 0.05) is 18.0 Å². The average molecular weight is 386 g/mol. The molecular weight excluding hydrogens is 370 g/mol. The van der Waals surface area contributed by atoms with Gasteiger partial charge in [-0.05, 0) is 18.2 Å². The van der Waals surface area contributed by atoms with E-state index in [1.807, 2.05) is 0 Å². The van der Waals surface area contributed by atoms with Gasteiger partial charge in [0.25, 0.3) is 5.91 Å². The third-order valence-electron chi connectivity index (χ3n) is 3.53. The lowest BCUT2D eigenvalue weighted by molar-refractivity contribution is -0.116. The van der Waals surface area contributed by atoms with Gasteiger partial charge in [-0.2, -0.15) is 19.0 Å². The van der Waals surface area contributed by atoms with Crippen LogP contribution in [0.3, 0.4) is 0 Å². The number of carbonyl (C=O) groups is 1. The first-order valence-electron chi connectivity index (χ1n) is 8.11. The number of halogens is 2. The molecule has 2 N–H and O–H groups in total. The molecule has 0 spiro atoms. The molecule has 144 valence electrons. The number of nitrogens with zero attached hydrogens (tertiary/aromatic N) is 4. The molecule has 0 aliphatic rings. The summed E-state index contributed by atoms with van der Waals surface area (Å²) < 4.78 is 32.1. The van der Waals surface area contributed by atoms with E-state index in [4.69, 9.17) is 4.74 Å². The Morgan fingerprint density at radius 3 is 2.93 bits per heavy atom. The monoisotopic (exact) mass is 386 g/mol. The summed E-state index contributed by atoms with van der Waals surface area (Å²) >= 11 is 0. The Hall–Kier alpha value is -3.82. The molecule has 1 amide bonds. The van der Waals surface area contributed by atoms with Gasteiger partial charge in [-0.3, -0.25) is 14.9 Å². The highest BCUT2D eigenvalue weighted by atomic mass is 19.3. The number of ether oxygens (including phenoxy) is 1. The fourth-order valence-corrected chi connectivity index (χ4v) is 2.27. The topological polar surface area (TPSA) is 97.7 Å². The van der Waals surface area contributed by atoms with Gasteiger partial charge >= 0.3 is 6.55 Å². The second-order valence-corrected chi connectivity index (χ2v) is 5.48. The van der Waals surface area contributed by atoms with Crippen molar-refractivity contribution in [1.29, 1.82) is 0 Å². The van der Waals surface area contributed by atoms with E-state index >= 15 is 0 Å². The number of anilines is 1. The van der Waals surface area contributed by atoms with Crippen LogP contribution in [0.4, 0.5) is 14.5 Å². The normalized spacial score (nSPS) is 11.5. The highest BCUT2D eigenvalue weighted by Gasteiger charge is 2.20. The van der Waals surface area contributed by atoms with Gasteiger partial charge in [0.05, 0.1) is 23.8 Å². The summed E-state index contributed by atoms with van der Waals surface area (Å²) in [4.78, 5) is 16.7. The standard InChI is InChI=1S/C18H16F2N6O2/c1-2-5-15(28-11-12-8-22-23-9-12)17(27)24-14-10-26(18(19)20)25-16(14)13-6-3-4-7-21-13/h2-10,18H,1,11H2,(H,22,23)(H,24,27)/b15-5-. The van der Waals surface area contributed by atoms with E-state index in [0.717, 1.165) is 11.8 Å². The summed E-state index contributed by atoms with van der Waals surface area (Å²) in [6.45, 7) is 0.770. The molecule has 0 aliphatic heterocycles. The number of nitrogens with one attached hydrogen (secondary N) is 2. The van der Waals surface area contributed by atoms with E-state index in [-0.39, 0.29) is 23.7 Å². The molecule has 8 nitrogen and oxygen atoms in total. The van der Waals surface area contributed by atoms with Crippen molar-refractivity contribution in [2.24, 2.45) is 0 Å². The lowest BCUT2D eigenvalue weighted by atomic mass is 10.2. The van der Waals surface area contributed by atoms with Crippen LogP contribution in [-0.4, -0.2) is 30.9 Å². The average Bonchev–Trinajstić information content (AvgIpc) is 3.35. The maximum absolute atomic E-state index is 13.1. The number of alkyl halides is 2. The summed E-state index contributed by atoms with van der Waals surface area (Å²) in [5.74, 6) is -0.692. The third-order valence-corrected chi connectivity index (χ3v) is 3.53. The number of aromatic amines is 1. The van der Waals surface area contributed by atoms with Crippen molar-refractivity contribution in [3.05, 3.63) is 73.0 Å². The van der Waals surface area contributed by atoms with E-state index in [9.17, 15) is 13.6 Å². The van der Waals surface area contributed by atoms with Crippen LogP contribution in [0, 0.1) is 0 Å². The summed E-state index contributed by atoms with van der Waals surface area (Å²) in [6.07, 6.45) is 8.46. The molecule has 0 aliphatic carbocycles. The first-order chi connectivity index (χ1) is 13.6. The van der Waals surface area contributed by atoms with Crippen molar-refractivity contribution in [2.75, 3.05) is 5.32 Å². The molecule has 3 heterocycles. The molecule has 0 saturated heterocycles. The first-order valence-corrected chi connectivity index (χ1v) is 8.11. The van der Waals surface area contributed by atoms with E-state index in [0.29, 0.717) is 10.4 Å². The van der Waals surface area contributed by atoms with E-state index in [2.05, 4.69) is 32.2 Å². The number of pyridine rings is 1. The zero-order valence-corrected chi connectivity index (χ0v) is 14.5. The second-order valence-electron chi connectivity index (χ2n) is 5.48. The predicted octanol–water partition coefficient (Wildman–Crippen LogP) is 3.29. The molecule has 0 aromatic carbocycles. The Balaban J connectivity index is 1.83. The van der Waals surface area contributed by atoms with Gasteiger partial charge < -0.3 is 10.1 Å². The van der Waals surface area contributed by atoms with Crippen molar-refractivity contribution >= 4 is 11.6 Å². The molecule has 3 aromatic heterocycles. The van der Waals surface area contributed by atoms with Gasteiger partial charge in [-0.15, -0.1) is 0 Å². The van der Waals surface area contributed by atoms with Crippen LogP contribution >= 0.6 is 0 Å². The predicted molar refractivity (Wildman–Crippen MR) is 97.0 cm³/mol. The Morgan fingerprint density at radius 2 is 2.29 bits per heavy atom. The van der Waals surface area contributed by atoms with Crippen LogP contribution in [0.25, 0.3) is 11.4 Å². The summed E-state index contributed by atoms with van der Waals surface area (Å²) in [6, 6.07) is 4.97. The van der Waals surface area contributed by atoms with Gasteiger partial charge in [-0.1, -0.05) is 18.7 Å². The number of rotatable bonds is 8. The Kier molecular flexibility index (Phi) is 5.90.